The lowest BCUT2D eigenvalue weighted by molar-refractivity contribution is 0.189. The molecule has 2 aliphatic carbocycles. The highest BCUT2D eigenvalue weighted by Crippen LogP contribution is 2.46. The monoisotopic (exact) mass is 319 g/mol. The van der Waals surface area contributed by atoms with Crippen LogP contribution in [0.25, 0.3) is 22.2 Å². The van der Waals surface area contributed by atoms with E-state index in [2.05, 4.69) is 26.9 Å². The number of fused-ring (bicyclic) bond motifs is 1. The van der Waals surface area contributed by atoms with Gasteiger partial charge < -0.3 is 5.73 Å². The van der Waals surface area contributed by atoms with E-state index in [9.17, 15) is 0 Å². The molecule has 0 aromatic carbocycles. The normalized spacial score (nSPS) is 23.4. The summed E-state index contributed by atoms with van der Waals surface area (Å²) in [6.07, 6.45) is 10.7. The van der Waals surface area contributed by atoms with Gasteiger partial charge in [-0.15, -0.1) is 0 Å². The first-order valence-electron chi connectivity index (χ1n) is 8.82. The van der Waals surface area contributed by atoms with Gasteiger partial charge in [-0.25, -0.2) is 0 Å². The molecule has 3 aromatic heterocycles. The van der Waals surface area contributed by atoms with Crippen molar-refractivity contribution in [1.82, 2.24) is 19.7 Å². The van der Waals surface area contributed by atoms with Crippen molar-refractivity contribution in [2.45, 2.75) is 37.6 Å². The molecule has 0 bridgehead atoms. The van der Waals surface area contributed by atoms with Crippen molar-refractivity contribution in [2.24, 2.45) is 11.7 Å². The van der Waals surface area contributed by atoms with E-state index in [-0.39, 0.29) is 0 Å². The zero-order chi connectivity index (χ0) is 16.1. The van der Waals surface area contributed by atoms with Crippen molar-refractivity contribution in [3.63, 3.8) is 0 Å². The fourth-order valence-electron chi connectivity index (χ4n) is 3.74. The summed E-state index contributed by atoms with van der Waals surface area (Å²) in [5.74, 6) is 1.25. The SMILES string of the molecule is NCC1CC(n2cc(-c3nccc4cccnc34)c(C3CC3)n2)C1. The first-order chi connectivity index (χ1) is 11.8. The van der Waals surface area contributed by atoms with Crippen LogP contribution in [0.5, 0.6) is 0 Å². The summed E-state index contributed by atoms with van der Waals surface area (Å²) in [4.78, 5) is 9.24. The maximum Gasteiger partial charge on any atom is 0.0999 e. The minimum absolute atomic E-state index is 0.493. The molecule has 5 nitrogen and oxygen atoms in total. The van der Waals surface area contributed by atoms with E-state index in [4.69, 9.17) is 10.8 Å². The quantitative estimate of drug-likeness (QED) is 0.801. The zero-order valence-electron chi connectivity index (χ0n) is 13.6. The van der Waals surface area contributed by atoms with Crippen LogP contribution in [0.3, 0.4) is 0 Å². The molecule has 2 saturated carbocycles. The Balaban J connectivity index is 1.60. The molecule has 5 heteroatoms. The molecule has 24 heavy (non-hydrogen) atoms. The van der Waals surface area contributed by atoms with E-state index in [1.807, 2.05) is 24.5 Å². The molecule has 5 rings (SSSR count). The van der Waals surface area contributed by atoms with Gasteiger partial charge in [0.15, 0.2) is 0 Å². The topological polar surface area (TPSA) is 69.6 Å². The molecule has 0 aliphatic heterocycles. The van der Waals surface area contributed by atoms with Crippen LogP contribution in [0.15, 0.2) is 36.8 Å². The fraction of sp³-hybridized carbons (Fsp3) is 0.421. The van der Waals surface area contributed by atoms with Crippen LogP contribution >= 0.6 is 0 Å². The maximum atomic E-state index is 5.77. The minimum Gasteiger partial charge on any atom is -0.330 e. The Hall–Kier alpha value is -2.27. The standard InChI is InChI=1S/C19H21N5/c20-10-12-8-15(9-12)24-11-16(17(23-24)14-3-4-14)19-18-13(5-7-22-19)2-1-6-21-18/h1-2,5-7,11-12,14-15H,3-4,8-10,20H2. The number of hydrogen-bond donors (Lipinski definition) is 1. The van der Waals surface area contributed by atoms with Gasteiger partial charge in [0, 0.05) is 35.5 Å². The third kappa shape index (κ3) is 2.23. The van der Waals surface area contributed by atoms with Gasteiger partial charge >= 0.3 is 0 Å². The van der Waals surface area contributed by atoms with Gasteiger partial charge in [-0.05, 0) is 50.3 Å². The average Bonchev–Trinajstić information content (AvgIpc) is 3.34. The second kappa shape index (κ2) is 5.38. The summed E-state index contributed by atoms with van der Waals surface area (Å²) < 4.78 is 2.17. The van der Waals surface area contributed by atoms with Crippen LogP contribution in [0.4, 0.5) is 0 Å². The van der Waals surface area contributed by atoms with Crippen molar-refractivity contribution >= 4 is 10.9 Å². The third-order valence-electron chi connectivity index (χ3n) is 5.42. The summed E-state index contributed by atoms with van der Waals surface area (Å²) >= 11 is 0. The van der Waals surface area contributed by atoms with E-state index in [1.165, 1.54) is 18.5 Å². The summed E-state index contributed by atoms with van der Waals surface area (Å²) in [6, 6.07) is 6.57. The highest BCUT2D eigenvalue weighted by atomic mass is 15.3. The summed E-state index contributed by atoms with van der Waals surface area (Å²) in [7, 11) is 0. The van der Waals surface area contributed by atoms with E-state index in [1.54, 1.807) is 0 Å². The first-order valence-corrected chi connectivity index (χ1v) is 8.82. The molecule has 0 unspecified atom stereocenters. The lowest BCUT2D eigenvalue weighted by atomic mass is 9.80. The molecular weight excluding hydrogens is 298 g/mol. The van der Waals surface area contributed by atoms with Crippen molar-refractivity contribution in [3.8, 4) is 11.3 Å². The number of nitrogens with two attached hydrogens (primary N) is 1. The lowest BCUT2D eigenvalue weighted by Crippen LogP contribution is -2.32. The number of rotatable bonds is 4. The van der Waals surface area contributed by atoms with Crippen molar-refractivity contribution < 1.29 is 0 Å². The largest absolute Gasteiger partial charge is 0.330 e. The second-order valence-electron chi connectivity index (χ2n) is 7.14. The molecule has 0 atom stereocenters. The van der Waals surface area contributed by atoms with E-state index >= 15 is 0 Å². The fourth-order valence-corrected chi connectivity index (χ4v) is 3.74. The molecule has 3 aromatic rings. The Morgan fingerprint density at radius 1 is 1.12 bits per heavy atom. The second-order valence-corrected chi connectivity index (χ2v) is 7.14. The molecule has 2 aliphatic rings. The number of pyridine rings is 2. The smallest absolute Gasteiger partial charge is 0.0999 e. The summed E-state index contributed by atoms with van der Waals surface area (Å²) in [5, 5.41) is 6.08. The van der Waals surface area contributed by atoms with Gasteiger partial charge in [0.1, 0.15) is 0 Å². The van der Waals surface area contributed by atoms with Crippen LogP contribution in [0.1, 0.15) is 43.3 Å². The summed E-state index contributed by atoms with van der Waals surface area (Å²) in [6.45, 7) is 0.787. The van der Waals surface area contributed by atoms with Gasteiger partial charge in [0.05, 0.1) is 22.9 Å². The Labute approximate surface area is 140 Å². The van der Waals surface area contributed by atoms with Crippen molar-refractivity contribution in [3.05, 3.63) is 42.5 Å². The predicted octanol–water partition coefficient (Wildman–Crippen LogP) is 3.28. The maximum absolute atomic E-state index is 5.77. The summed E-state index contributed by atoms with van der Waals surface area (Å²) in [5.41, 5.74) is 10.1. The highest BCUT2D eigenvalue weighted by molar-refractivity contribution is 5.91. The van der Waals surface area contributed by atoms with E-state index in [0.717, 1.165) is 41.5 Å². The zero-order valence-corrected chi connectivity index (χ0v) is 13.6. The van der Waals surface area contributed by atoms with Gasteiger partial charge in [-0.1, -0.05) is 6.07 Å². The molecule has 0 spiro atoms. The number of aromatic nitrogens is 4. The number of nitrogens with zero attached hydrogens (tertiary/aromatic N) is 4. The molecule has 2 fully saturated rings. The Morgan fingerprint density at radius 2 is 2.00 bits per heavy atom. The third-order valence-corrected chi connectivity index (χ3v) is 5.42. The first kappa shape index (κ1) is 14.1. The highest BCUT2D eigenvalue weighted by Gasteiger charge is 2.34. The molecular formula is C19H21N5. The molecule has 0 amide bonds. The van der Waals surface area contributed by atoms with Gasteiger partial charge in [0.2, 0.25) is 0 Å². The van der Waals surface area contributed by atoms with Crippen LogP contribution in [-0.2, 0) is 0 Å². The molecule has 0 saturated heterocycles. The van der Waals surface area contributed by atoms with Gasteiger partial charge in [-0.3, -0.25) is 14.6 Å². The lowest BCUT2D eigenvalue weighted by Gasteiger charge is -2.34. The van der Waals surface area contributed by atoms with Gasteiger partial charge in [-0.2, -0.15) is 5.10 Å². The molecule has 122 valence electrons. The molecule has 3 heterocycles. The minimum atomic E-state index is 0.493. The van der Waals surface area contributed by atoms with E-state index in [0.29, 0.717) is 17.9 Å². The van der Waals surface area contributed by atoms with Crippen molar-refractivity contribution in [2.75, 3.05) is 6.54 Å². The van der Waals surface area contributed by atoms with Crippen LogP contribution in [0, 0.1) is 5.92 Å². The predicted molar refractivity (Wildman–Crippen MR) is 93.5 cm³/mol. The Kier molecular flexibility index (Phi) is 3.16. The van der Waals surface area contributed by atoms with Crippen LogP contribution in [0.2, 0.25) is 0 Å². The number of hydrogen-bond acceptors (Lipinski definition) is 4. The van der Waals surface area contributed by atoms with Crippen LogP contribution < -0.4 is 5.73 Å². The van der Waals surface area contributed by atoms with Crippen LogP contribution in [-0.4, -0.2) is 26.3 Å². The van der Waals surface area contributed by atoms with Crippen molar-refractivity contribution in [1.29, 1.82) is 0 Å². The average molecular weight is 319 g/mol. The van der Waals surface area contributed by atoms with Gasteiger partial charge in [0.25, 0.3) is 0 Å². The van der Waals surface area contributed by atoms with E-state index < -0.39 is 0 Å². The molecule has 0 radical (unpaired) electrons. The molecule has 2 N–H and O–H groups in total. The Morgan fingerprint density at radius 3 is 2.79 bits per heavy atom. The Bertz CT molecular complexity index is 884.